The average molecular weight is 347 g/mol. The lowest BCUT2D eigenvalue weighted by molar-refractivity contribution is -0.121. The molecule has 126 valence electrons. The molecule has 1 aliphatic rings. The summed E-state index contributed by atoms with van der Waals surface area (Å²) in [6.45, 7) is 1.36. The number of hydrogen-bond acceptors (Lipinski definition) is 3. The summed E-state index contributed by atoms with van der Waals surface area (Å²) in [6.07, 6.45) is 1.62. The minimum Gasteiger partial charge on any atom is -0.348 e. The molecule has 0 aromatic heterocycles. The van der Waals surface area contributed by atoms with Crippen molar-refractivity contribution < 1.29 is 17.6 Å². The maximum Gasteiger partial charge on any atom is 0.238 e. The second-order valence-electron chi connectivity index (χ2n) is 5.94. The molecule has 0 saturated carbocycles. The Morgan fingerprint density at radius 2 is 1.83 bits per heavy atom. The van der Waals surface area contributed by atoms with Gasteiger partial charge >= 0.3 is 0 Å². The fraction of sp³-hybridized carbons (Fsp3) is 0.278. The van der Waals surface area contributed by atoms with Crippen molar-refractivity contribution in [1.82, 2.24) is 5.32 Å². The van der Waals surface area contributed by atoms with Gasteiger partial charge in [-0.15, -0.1) is 0 Å². The molecule has 0 aliphatic heterocycles. The highest BCUT2D eigenvalue weighted by molar-refractivity contribution is 7.92. The molecule has 1 N–H and O–H groups in total. The summed E-state index contributed by atoms with van der Waals surface area (Å²) in [5.41, 5.74) is 2.22. The predicted molar refractivity (Wildman–Crippen MR) is 88.7 cm³/mol. The van der Waals surface area contributed by atoms with Crippen molar-refractivity contribution >= 4 is 15.7 Å². The second kappa shape index (κ2) is 6.36. The van der Waals surface area contributed by atoms with E-state index in [0.29, 0.717) is 0 Å². The van der Waals surface area contributed by atoms with Gasteiger partial charge in [0.2, 0.25) is 5.91 Å². The summed E-state index contributed by atoms with van der Waals surface area (Å²) >= 11 is 0. The van der Waals surface area contributed by atoms with E-state index in [2.05, 4.69) is 5.32 Å². The van der Waals surface area contributed by atoms with E-state index in [9.17, 15) is 17.6 Å². The van der Waals surface area contributed by atoms with Gasteiger partial charge < -0.3 is 5.32 Å². The van der Waals surface area contributed by atoms with Crippen LogP contribution in [0.5, 0.6) is 0 Å². The van der Waals surface area contributed by atoms with Crippen molar-refractivity contribution in [3.63, 3.8) is 0 Å². The van der Waals surface area contributed by atoms with Crippen LogP contribution in [-0.4, -0.2) is 19.6 Å². The lowest BCUT2D eigenvalue weighted by Gasteiger charge is -2.18. The molecule has 0 radical (unpaired) electrons. The van der Waals surface area contributed by atoms with Crippen LogP contribution in [0.2, 0.25) is 0 Å². The summed E-state index contributed by atoms with van der Waals surface area (Å²) in [7, 11) is -3.85. The Morgan fingerprint density at radius 1 is 1.17 bits per heavy atom. The average Bonchev–Trinajstić information content (AvgIpc) is 2.97. The normalized spacial score (nSPS) is 18.0. The number of sulfone groups is 1. The van der Waals surface area contributed by atoms with Crippen molar-refractivity contribution in [3.8, 4) is 0 Å². The van der Waals surface area contributed by atoms with Gasteiger partial charge in [0.1, 0.15) is 11.1 Å². The third-order valence-electron chi connectivity index (χ3n) is 4.43. The summed E-state index contributed by atoms with van der Waals surface area (Å²) in [5.74, 6) is -1.06. The van der Waals surface area contributed by atoms with E-state index in [1.54, 1.807) is 0 Å². The molecular weight excluding hydrogens is 329 g/mol. The van der Waals surface area contributed by atoms with Crippen LogP contribution in [0.4, 0.5) is 4.39 Å². The molecule has 0 spiro atoms. The van der Waals surface area contributed by atoms with Crippen molar-refractivity contribution in [3.05, 3.63) is 65.5 Å². The number of benzene rings is 2. The Bertz CT molecular complexity index is 862. The van der Waals surface area contributed by atoms with Crippen molar-refractivity contribution in [2.45, 2.75) is 36.0 Å². The molecule has 0 bridgehead atoms. The minimum absolute atomic E-state index is 0.0571. The smallest absolute Gasteiger partial charge is 0.238 e. The molecule has 3 rings (SSSR count). The summed E-state index contributed by atoms with van der Waals surface area (Å²) < 4.78 is 38.0. The molecule has 1 amide bonds. The molecule has 1 aliphatic carbocycles. The van der Waals surface area contributed by atoms with E-state index >= 15 is 0 Å². The Kier molecular flexibility index (Phi) is 4.41. The molecule has 0 fully saturated rings. The molecule has 4 nitrogen and oxygen atoms in total. The van der Waals surface area contributed by atoms with E-state index in [0.717, 1.165) is 30.5 Å². The highest BCUT2D eigenvalue weighted by Crippen LogP contribution is 2.31. The highest BCUT2D eigenvalue weighted by Gasteiger charge is 2.32. The monoisotopic (exact) mass is 347 g/mol. The number of halogens is 1. The minimum atomic E-state index is -3.85. The van der Waals surface area contributed by atoms with Crippen LogP contribution in [0, 0.1) is 5.82 Å². The number of nitrogens with one attached hydrogen (secondary N) is 1. The van der Waals surface area contributed by atoms with E-state index in [1.807, 2.05) is 24.3 Å². The fourth-order valence-electron chi connectivity index (χ4n) is 2.97. The maximum absolute atomic E-state index is 13.0. The predicted octanol–water partition coefficient (Wildman–Crippen LogP) is 2.79. The summed E-state index contributed by atoms with van der Waals surface area (Å²) in [5, 5.41) is 1.59. The van der Waals surface area contributed by atoms with E-state index in [1.165, 1.54) is 24.6 Å². The first kappa shape index (κ1) is 16.6. The van der Waals surface area contributed by atoms with Crippen LogP contribution < -0.4 is 5.32 Å². The van der Waals surface area contributed by atoms with Gasteiger partial charge in [-0.25, -0.2) is 12.8 Å². The Labute approximate surface area is 140 Å². The van der Waals surface area contributed by atoms with Gasteiger partial charge in [0.15, 0.2) is 9.84 Å². The molecule has 2 aromatic carbocycles. The molecule has 2 atom stereocenters. The first-order valence-corrected chi connectivity index (χ1v) is 9.32. The zero-order valence-corrected chi connectivity index (χ0v) is 14.0. The lowest BCUT2D eigenvalue weighted by Crippen LogP contribution is -2.39. The van der Waals surface area contributed by atoms with Crippen LogP contribution in [-0.2, 0) is 21.1 Å². The quantitative estimate of drug-likeness (QED) is 0.865. The molecule has 2 aromatic rings. The van der Waals surface area contributed by atoms with Crippen LogP contribution >= 0.6 is 0 Å². The molecule has 2 unspecified atom stereocenters. The van der Waals surface area contributed by atoms with E-state index < -0.39 is 26.8 Å². The maximum atomic E-state index is 13.0. The Hall–Kier alpha value is -2.21. The third-order valence-corrected chi connectivity index (χ3v) is 6.50. The van der Waals surface area contributed by atoms with Gasteiger partial charge in [-0.1, -0.05) is 24.3 Å². The molecule has 0 saturated heterocycles. The standard InChI is InChI=1S/C18H18FNO3S/c1-12(24(22,23)15-9-7-14(19)8-10-15)18(21)20-17-11-6-13-4-2-3-5-16(13)17/h2-5,7-10,12,17H,6,11H2,1H3,(H,20,21). The number of amides is 1. The zero-order chi connectivity index (χ0) is 17.3. The van der Waals surface area contributed by atoms with Gasteiger partial charge in [-0.2, -0.15) is 0 Å². The third kappa shape index (κ3) is 3.06. The largest absolute Gasteiger partial charge is 0.348 e. The first-order chi connectivity index (χ1) is 11.4. The Morgan fingerprint density at radius 3 is 2.54 bits per heavy atom. The molecule has 0 heterocycles. The van der Waals surface area contributed by atoms with E-state index in [-0.39, 0.29) is 10.9 Å². The fourth-order valence-corrected chi connectivity index (χ4v) is 4.24. The highest BCUT2D eigenvalue weighted by atomic mass is 32.2. The van der Waals surface area contributed by atoms with Crippen molar-refractivity contribution in [1.29, 1.82) is 0 Å². The zero-order valence-electron chi connectivity index (χ0n) is 13.2. The SMILES string of the molecule is CC(C(=O)NC1CCc2ccccc21)S(=O)(=O)c1ccc(F)cc1. The van der Waals surface area contributed by atoms with Gasteiger partial charge in [0.05, 0.1) is 10.9 Å². The van der Waals surface area contributed by atoms with Gasteiger partial charge in [-0.3, -0.25) is 4.79 Å². The van der Waals surface area contributed by atoms with Gasteiger partial charge in [0, 0.05) is 0 Å². The number of fused-ring (bicyclic) bond motifs is 1. The number of rotatable bonds is 4. The number of hydrogen-bond donors (Lipinski definition) is 1. The number of aryl methyl sites for hydroxylation is 1. The Balaban J connectivity index is 1.77. The summed E-state index contributed by atoms with van der Waals surface area (Å²) in [6, 6.07) is 12.2. The molecular formula is C18H18FNO3S. The molecule has 24 heavy (non-hydrogen) atoms. The topological polar surface area (TPSA) is 63.2 Å². The lowest BCUT2D eigenvalue weighted by atomic mass is 10.1. The van der Waals surface area contributed by atoms with Crippen molar-refractivity contribution in [2.75, 3.05) is 0 Å². The van der Waals surface area contributed by atoms with Crippen LogP contribution in [0.15, 0.2) is 53.4 Å². The number of carbonyl (C=O) groups is 1. The van der Waals surface area contributed by atoms with E-state index in [4.69, 9.17) is 0 Å². The van der Waals surface area contributed by atoms with Crippen LogP contribution in [0.1, 0.15) is 30.5 Å². The number of carbonyl (C=O) groups excluding carboxylic acids is 1. The van der Waals surface area contributed by atoms with Crippen LogP contribution in [0.25, 0.3) is 0 Å². The summed E-state index contributed by atoms with van der Waals surface area (Å²) in [4.78, 5) is 12.4. The van der Waals surface area contributed by atoms with Gasteiger partial charge in [-0.05, 0) is 55.2 Å². The molecule has 6 heteroatoms. The van der Waals surface area contributed by atoms with Crippen LogP contribution in [0.3, 0.4) is 0 Å². The van der Waals surface area contributed by atoms with Gasteiger partial charge in [0.25, 0.3) is 0 Å². The first-order valence-electron chi connectivity index (χ1n) is 7.77. The van der Waals surface area contributed by atoms with Crippen molar-refractivity contribution in [2.24, 2.45) is 0 Å². The second-order valence-corrected chi connectivity index (χ2v) is 8.21.